The Kier molecular flexibility index (Phi) is 9.97. The highest BCUT2D eigenvalue weighted by Gasteiger charge is 2.33. The smallest absolute Gasteiger partial charge is 0.228 e. The van der Waals surface area contributed by atoms with Crippen molar-refractivity contribution in [3.63, 3.8) is 0 Å². The van der Waals surface area contributed by atoms with E-state index in [9.17, 15) is 4.79 Å². The Hall–Kier alpha value is 0.0900. The van der Waals surface area contributed by atoms with Crippen LogP contribution in [-0.2, 0) is 4.79 Å². The first-order valence-corrected chi connectivity index (χ1v) is 9.92. The van der Waals surface area contributed by atoms with Crippen LogP contribution in [0.1, 0.15) is 45.4 Å². The minimum atomic E-state index is -1.64. The molecule has 0 radical (unpaired) electrons. The van der Waals surface area contributed by atoms with Gasteiger partial charge in [-0.3, -0.25) is 4.79 Å². The zero-order chi connectivity index (χ0) is 17.3. The third kappa shape index (κ3) is 9.22. The van der Waals surface area contributed by atoms with E-state index in [1.807, 2.05) is 24.3 Å². The molecule has 23 heavy (non-hydrogen) atoms. The van der Waals surface area contributed by atoms with E-state index in [-0.39, 0.29) is 5.91 Å². The molecule has 1 atom stereocenters. The fraction of sp³-hybridized carbons (Fsp3) is 0.562. The van der Waals surface area contributed by atoms with Gasteiger partial charge in [0.25, 0.3) is 0 Å². The van der Waals surface area contributed by atoms with Gasteiger partial charge in [0, 0.05) is 15.7 Å². The van der Waals surface area contributed by atoms with Crippen molar-refractivity contribution >= 4 is 69.0 Å². The number of hydrogen-bond donors (Lipinski definition) is 2. The number of anilines is 1. The normalized spacial score (nSPS) is 12.7. The first-order chi connectivity index (χ1) is 10.8. The number of halogens is 4. The Bertz CT molecular complexity index is 477. The van der Waals surface area contributed by atoms with Crippen LogP contribution in [-0.4, -0.2) is 15.9 Å². The zero-order valence-corrected chi connectivity index (χ0v) is 17.5. The van der Waals surface area contributed by atoms with Gasteiger partial charge in [0.05, 0.1) is 0 Å². The second-order valence-corrected chi connectivity index (χ2v) is 8.97. The van der Waals surface area contributed by atoms with Crippen molar-refractivity contribution in [1.29, 1.82) is 0 Å². The topological polar surface area (TPSA) is 41.1 Å². The van der Waals surface area contributed by atoms with Gasteiger partial charge in [-0.2, -0.15) is 0 Å². The fourth-order valence-corrected chi connectivity index (χ4v) is 2.72. The van der Waals surface area contributed by atoms with Gasteiger partial charge in [0.2, 0.25) is 9.70 Å². The number of carbonyl (C=O) groups is 1. The molecule has 1 rings (SSSR count). The van der Waals surface area contributed by atoms with Crippen molar-refractivity contribution in [3.05, 3.63) is 27.8 Å². The highest BCUT2D eigenvalue weighted by atomic mass is 127. The van der Waals surface area contributed by atoms with Crippen molar-refractivity contribution in [3.8, 4) is 0 Å². The van der Waals surface area contributed by atoms with Crippen LogP contribution >= 0.6 is 57.4 Å². The van der Waals surface area contributed by atoms with Gasteiger partial charge in [0.15, 0.2) is 0 Å². The SMILES string of the molecule is CCCCCCCC(=O)N[C@@H](Nc1ccc(I)cc1)C(Cl)(Cl)Cl. The summed E-state index contributed by atoms with van der Waals surface area (Å²) in [6.45, 7) is 2.16. The molecule has 0 saturated carbocycles. The van der Waals surface area contributed by atoms with Crippen LogP contribution in [0, 0.1) is 3.57 Å². The first-order valence-electron chi connectivity index (χ1n) is 7.71. The van der Waals surface area contributed by atoms with Gasteiger partial charge in [-0.05, 0) is 53.3 Å². The van der Waals surface area contributed by atoms with E-state index in [1.54, 1.807) is 0 Å². The van der Waals surface area contributed by atoms with E-state index in [1.165, 1.54) is 12.8 Å². The summed E-state index contributed by atoms with van der Waals surface area (Å²) in [7, 11) is 0. The third-order valence-corrected chi connectivity index (χ3v) is 4.67. The largest absolute Gasteiger partial charge is 0.362 e. The molecule has 0 aliphatic rings. The third-order valence-electron chi connectivity index (χ3n) is 3.30. The molecule has 0 bridgehead atoms. The number of unbranched alkanes of at least 4 members (excludes halogenated alkanes) is 4. The molecule has 0 unspecified atom stereocenters. The number of nitrogens with one attached hydrogen (secondary N) is 2. The van der Waals surface area contributed by atoms with Crippen molar-refractivity contribution in [2.24, 2.45) is 0 Å². The highest BCUT2D eigenvalue weighted by Crippen LogP contribution is 2.31. The molecule has 7 heteroatoms. The minimum absolute atomic E-state index is 0.115. The maximum atomic E-state index is 12.0. The molecule has 1 aromatic rings. The molecular weight excluding hydrogens is 469 g/mol. The van der Waals surface area contributed by atoms with Gasteiger partial charge < -0.3 is 10.6 Å². The van der Waals surface area contributed by atoms with Crippen LogP contribution in [0.3, 0.4) is 0 Å². The Morgan fingerprint density at radius 3 is 2.30 bits per heavy atom. The molecule has 1 aromatic carbocycles. The summed E-state index contributed by atoms with van der Waals surface area (Å²) >= 11 is 20.2. The molecule has 0 fully saturated rings. The van der Waals surface area contributed by atoms with Gasteiger partial charge in [-0.25, -0.2) is 0 Å². The molecule has 0 aliphatic heterocycles. The van der Waals surface area contributed by atoms with E-state index < -0.39 is 9.96 Å². The van der Waals surface area contributed by atoms with Gasteiger partial charge in [-0.15, -0.1) is 0 Å². The minimum Gasteiger partial charge on any atom is -0.362 e. The summed E-state index contributed by atoms with van der Waals surface area (Å²) in [5.74, 6) is -0.115. The molecule has 0 aromatic heterocycles. The predicted octanol–water partition coefficient (Wildman–Crippen LogP) is 5.88. The highest BCUT2D eigenvalue weighted by molar-refractivity contribution is 14.1. The monoisotopic (exact) mass is 490 g/mol. The lowest BCUT2D eigenvalue weighted by Crippen LogP contribution is -2.49. The summed E-state index contributed by atoms with van der Waals surface area (Å²) in [4.78, 5) is 12.0. The summed E-state index contributed by atoms with van der Waals surface area (Å²) in [6, 6.07) is 7.63. The van der Waals surface area contributed by atoms with Crippen molar-refractivity contribution in [2.75, 3.05) is 5.32 Å². The summed E-state index contributed by atoms with van der Waals surface area (Å²) < 4.78 is -0.532. The average Bonchev–Trinajstić information content (AvgIpc) is 2.47. The predicted molar refractivity (Wildman–Crippen MR) is 108 cm³/mol. The van der Waals surface area contributed by atoms with E-state index in [0.717, 1.165) is 28.5 Å². The standard InChI is InChI=1S/C16H22Cl3IN2O/c1-2-3-4-5-6-7-14(23)22-15(16(17,18)19)21-13-10-8-12(20)9-11-13/h8-11,15,21H,2-7H2,1H3,(H,22,23)/t15-/m1/s1. The summed E-state index contributed by atoms with van der Waals surface area (Å²) in [6.07, 6.45) is 5.09. The molecule has 130 valence electrons. The van der Waals surface area contributed by atoms with Crippen molar-refractivity contribution in [2.45, 2.75) is 55.4 Å². The van der Waals surface area contributed by atoms with Gasteiger partial charge in [0.1, 0.15) is 6.17 Å². The average molecular weight is 492 g/mol. The number of amides is 1. The number of hydrogen-bond acceptors (Lipinski definition) is 2. The molecule has 0 spiro atoms. The van der Waals surface area contributed by atoms with Gasteiger partial charge >= 0.3 is 0 Å². The Labute approximate surface area is 167 Å². The van der Waals surface area contributed by atoms with Crippen LogP contribution in [0.5, 0.6) is 0 Å². The zero-order valence-electron chi connectivity index (χ0n) is 13.0. The summed E-state index contributed by atoms with van der Waals surface area (Å²) in [5.41, 5.74) is 0.782. The van der Waals surface area contributed by atoms with E-state index in [4.69, 9.17) is 34.8 Å². The lowest BCUT2D eigenvalue weighted by molar-refractivity contribution is -0.121. The molecule has 0 heterocycles. The Balaban J connectivity index is 2.51. The molecule has 1 amide bonds. The lowest BCUT2D eigenvalue weighted by Gasteiger charge is -2.27. The van der Waals surface area contributed by atoms with Crippen molar-refractivity contribution < 1.29 is 4.79 Å². The molecule has 3 nitrogen and oxygen atoms in total. The molecular formula is C16H22Cl3IN2O. The lowest BCUT2D eigenvalue weighted by atomic mass is 10.1. The van der Waals surface area contributed by atoms with Crippen LogP contribution in [0.2, 0.25) is 0 Å². The fourth-order valence-electron chi connectivity index (χ4n) is 2.03. The number of rotatable bonds is 9. The quantitative estimate of drug-likeness (QED) is 0.196. The second-order valence-electron chi connectivity index (χ2n) is 5.36. The van der Waals surface area contributed by atoms with Crippen LogP contribution in [0.25, 0.3) is 0 Å². The molecule has 2 N–H and O–H groups in total. The van der Waals surface area contributed by atoms with Gasteiger partial charge in [-0.1, -0.05) is 67.4 Å². The van der Waals surface area contributed by atoms with E-state index in [2.05, 4.69) is 40.1 Å². The first kappa shape index (κ1) is 21.1. The maximum Gasteiger partial charge on any atom is 0.228 e. The number of carbonyl (C=O) groups excluding carboxylic acids is 1. The van der Waals surface area contributed by atoms with Crippen LogP contribution in [0.4, 0.5) is 5.69 Å². The van der Waals surface area contributed by atoms with Crippen LogP contribution < -0.4 is 10.6 Å². The molecule has 0 aliphatic carbocycles. The Morgan fingerprint density at radius 1 is 1.13 bits per heavy atom. The number of alkyl halides is 3. The second kappa shape index (κ2) is 10.9. The van der Waals surface area contributed by atoms with E-state index >= 15 is 0 Å². The summed E-state index contributed by atoms with van der Waals surface area (Å²) in [5, 5.41) is 5.82. The van der Waals surface area contributed by atoms with Crippen molar-refractivity contribution in [1.82, 2.24) is 5.32 Å². The Morgan fingerprint density at radius 2 is 1.74 bits per heavy atom. The maximum absolute atomic E-state index is 12.0. The van der Waals surface area contributed by atoms with Crippen LogP contribution in [0.15, 0.2) is 24.3 Å². The number of benzene rings is 1. The molecule has 0 saturated heterocycles. The van der Waals surface area contributed by atoms with E-state index in [0.29, 0.717) is 6.42 Å².